The molecule has 11 heavy (non-hydrogen) atoms. The standard InChI is InChI=1S/C5H11N3O2S/c1-11(9)5-4-10-3-2-7-8-6/h2-5H2,1H3. The van der Waals surface area contributed by atoms with E-state index in [0.717, 1.165) is 0 Å². The SMILES string of the molecule is C[S+]([O-])CCOCCN=[N+]=[N-]. The zero-order valence-electron chi connectivity index (χ0n) is 6.39. The van der Waals surface area contributed by atoms with Crippen molar-refractivity contribution >= 4 is 11.2 Å². The van der Waals surface area contributed by atoms with Gasteiger partial charge in [0.2, 0.25) is 0 Å². The molecule has 0 saturated carbocycles. The van der Waals surface area contributed by atoms with E-state index in [1.54, 1.807) is 6.26 Å². The van der Waals surface area contributed by atoms with E-state index in [4.69, 9.17) is 10.3 Å². The van der Waals surface area contributed by atoms with E-state index >= 15 is 0 Å². The summed E-state index contributed by atoms with van der Waals surface area (Å²) in [6.45, 7) is 1.21. The summed E-state index contributed by atoms with van der Waals surface area (Å²) in [5.74, 6) is 0.538. The van der Waals surface area contributed by atoms with Crippen molar-refractivity contribution in [3.8, 4) is 0 Å². The first-order valence-electron chi connectivity index (χ1n) is 3.16. The molecule has 64 valence electrons. The third kappa shape index (κ3) is 9.58. The van der Waals surface area contributed by atoms with Crippen molar-refractivity contribution in [3.05, 3.63) is 10.4 Å². The Labute approximate surface area is 68.5 Å². The maximum absolute atomic E-state index is 10.5. The van der Waals surface area contributed by atoms with Crippen molar-refractivity contribution in [3.63, 3.8) is 0 Å². The van der Waals surface area contributed by atoms with Crippen LogP contribution in [0.1, 0.15) is 0 Å². The summed E-state index contributed by atoms with van der Waals surface area (Å²) in [5.41, 5.74) is 7.87. The van der Waals surface area contributed by atoms with Crippen LogP contribution in [0.4, 0.5) is 0 Å². The zero-order valence-corrected chi connectivity index (χ0v) is 7.21. The number of rotatable bonds is 6. The van der Waals surface area contributed by atoms with Gasteiger partial charge in [-0.25, -0.2) is 0 Å². The summed E-state index contributed by atoms with van der Waals surface area (Å²) in [4.78, 5) is 2.55. The van der Waals surface area contributed by atoms with E-state index in [9.17, 15) is 4.55 Å². The first-order valence-corrected chi connectivity index (χ1v) is 4.88. The van der Waals surface area contributed by atoms with Crippen molar-refractivity contribution in [1.29, 1.82) is 0 Å². The minimum atomic E-state index is -0.801. The van der Waals surface area contributed by atoms with Crippen LogP contribution in [0.5, 0.6) is 0 Å². The quantitative estimate of drug-likeness (QED) is 0.197. The van der Waals surface area contributed by atoms with Crippen molar-refractivity contribution in [2.45, 2.75) is 0 Å². The highest BCUT2D eigenvalue weighted by Crippen LogP contribution is 1.84. The lowest BCUT2D eigenvalue weighted by molar-refractivity contribution is 0.157. The van der Waals surface area contributed by atoms with Crippen molar-refractivity contribution < 1.29 is 9.29 Å². The molecule has 1 atom stereocenters. The van der Waals surface area contributed by atoms with E-state index in [1.807, 2.05) is 0 Å². The van der Waals surface area contributed by atoms with Crippen LogP contribution in [-0.4, -0.2) is 36.3 Å². The average molecular weight is 177 g/mol. The van der Waals surface area contributed by atoms with Gasteiger partial charge in [-0.1, -0.05) is 16.3 Å². The lowest BCUT2D eigenvalue weighted by Gasteiger charge is -2.04. The first-order chi connectivity index (χ1) is 5.27. The molecular formula is C5H11N3O2S. The molecule has 0 bridgehead atoms. The predicted molar refractivity (Wildman–Crippen MR) is 43.8 cm³/mol. The molecule has 0 rings (SSSR count). The van der Waals surface area contributed by atoms with Crippen molar-refractivity contribution in [1.82, 2.24) is 0 Å². The van der Waals surface area contributed by atoms with E-state index in [1.165, 1.54) is 0 Å². The average Bonchev–Trinajstić information content (AvgIpc) is 1.96. The van der Waals surface area contributed by atoms with Gasteiger partial charge in [0.1, 0.15) is 5.75 Å². The highest BCUT2D eigenvalue weighted by atomic mass is 32.2. The molecule has 5 nitrogen and oxygen atoms in total. The molecule has 0 heterocycles. The molecule has 0 N–H and O–H groups in total. The van der Waals surface area contributed by atoms with Crippen LogP contribution in [0, 0.1) is 0 Å². The third-order valence-corrected chi connectivity index (χ3v) is 1.66. The van der Waals surface area contributed by atoms with Gasteiger partial charge in [0, 0.05) is 11.5 Å². The monoisotopic (exact) mass is 177 g/mol. The predicted octanol–water partition coefficient (Wildman–Crippen LogP) is 0.692. The molecule has 0 aromatic carbocycles. The second-order valence-corrected chi connectivity index (χ2v) is 3.40. The zero-order chi connectivity index (χ0) is 8.53. The maximum Gasteiger partial charge on any atom is 0.128 e. The fraction of sp³-hybridized carbons (Fsp3) is 1.00. The smallest absolute Gasteiger partial charge is 0.128 e. The number of azide groups is 1. The molecule has 0 aromatic rings. The number of hydrogen-bond acceptors (Lipinski definition) is 3. The summed E-state index contributed by atoms with van der Waals surface area (Å²) in [6.07, 6.45) is 1.62. The van der Waals surface area contributed by atoms with E-state index in [-0.39, 0.29) is 0 Å². The van der Waals surface area contributed by atoms with Crippen molar-refractivity contribution in [2.24, 2.45) is 5.11 Å². The van der Waals surface area contributed by atoms with E-state index < -0.39 is 11.2 Å². The molecule has 0 saturated heterocycles. The van der Waals surface area contributed by atoms with E-state index in [0.29, 0.717) is 25.5 Å². The Morgan fingerprint density at radius 2 is 2.36 bits per heavy atom. The summed E-state index contributed by atoms with van der Waals surface area (Å²) >= 11 is -0.801. The Morgan fingerprint density at radius 3 is 2.91 bits per heavy atom. The van der Waals surface area contributed by atoms with E-state index in [2.05, 4.69) is 10.0 Å². The largest absolute Gasteiger partial charge is 0.616 e. The fourth-order valence-corrected chi connectivity index (χ4v) is 0.781. The third-order valence-electron chi connectivity index (χ3n) is 0.914. The Morgan fingerprint density at radius 1 is 1.64 bits per heavy atom. The van der Waals surface area contributed by atoms with Crippen LogP contribution in [0.2, 0.25) is 0 Å². The molecule has 0 radical (unpaired) electrons. The van der Waals surface area contributed by atoms with Gasteiger partial charge in [0.15, 0.2) is 0 Å². The molecule has 0 aliphatic carbocycles. The Kier molecular flexibility index (Phi) is 7.39. The highest BCUT2D eigenvalue weighted by molar-refractivity contribution is 7.90. The molecule has 0 spiro atoms. The van der Waals surface area contributed by atoms with Gasteiger partial charge in [-0.15, -0.1) is 0 Å². The van der Waals surface area contributed by atoms with Crippen LogP contribution < -0.4 is 0 Å². The molecule has 0 aliphatic rings. The summed E-state index contributed by atoms with van der Waals surface area (Å²) in [6, 6.07) is 0. The normalized spacial score (nSPS) is 12.2. The maximum atomic E-state index is 10.5. The Balaban J connectivity index is 2.96. The van der Waals surface area contributed by atoms with Gasteiger partial charge in [-0.05, 0) is 5.53 Å². The minimum absolute atomic E-state index is 0.340. The van der Waals surface area contributed by atoms with Crippen LogP contribution in [0.15, 0.2) is 5.11 Å². The van der Waals surface area contributed by atoms with Gasteiger partial charge >= 0.3 is 0 Å². The van der Waals surface area contributed by atoms with Gasteiger partial charge in [-0.3, -0.25) is 0 Å². The second-order valence-electron chi connectivity index (χ2n) is 1.84. The van der Waals surface area contributed by atoms with Gasteiger partial charge in [0.25, 0.3) is 0 Å². The molecule has 0 aromatic heterocycles. The number of ether oxygens (including phenoxy) is 1. The Hall–Kier alpha value is -0.420. The molecule has 1 unspecified atom stereocenters. The molecule has 0 fully saturated rings. The lowest BCUT2D eigenvalue weighted by atomic mass is 10.7. The molecule has 6 heteroatoms. The highest BCUT2D eigenvalue weighted by Gasteiger charge is 1.95. The lowest BCUT2D eigenvalue weighted by Crippen LogP contribution is -2.11. The molecule has 0 amide bonds. The fourth-order valence-electron chi connectivity index (χ4n) is 0.428. The van der Waals surface area contributed by atoms with Crippen LogP contribution in [0.25, 0.3) is 10.4 Å². The molecular weight excluding hydrogens is 166 g/mol. The summed E-state index contributed by atoms with van der Waals surface area (Å²) in [7, 11) is 0. The van der Waals surface area contributed by atoms with Crippen LogP contribution in [-0.2, 0) is 15.9 Å². The second kappa shape index (κ2) is 7.68. The number of hydrogen-bond donors (Lipinski definition) is 0. The first kappa shape index (κ1) is 10.6. The Bertz CT molecular complexity index is 136. The van der Waals surface area contributed by atoms with Gasteiger partial charge < -0.3 is 9.29 Å². The number of nitrogens with zero attached hydrogens (tertiary/aromatic N) is 3. The van der Waals surface area contributed by atoms with Crippen LogP contribution >= 0.6 is 0 Å². The summed E-state index contributed by atoms with van der Waals surface area (Å²) < 4.78 is 15.5. The van der Waals surface area contributed by atoms with Gasteiger partial charge in [0.05, 0.1) is 19.5 Å². The van der Waals surface area contributed by atoms with Crippen molar-refractivity contribution in [2.75, 3.05) is 31.8 Å². The molecule has 0 aliphatic heterocycles. The van der Waals surface area contributed by atoms with Gasteiger partial charge in [-0.2, -0.15) is 0 Å². The summed E-state index contributed by atoms with van der Waals surface area (Å²) in [5, 5.41) is 3.27. The topological polar surface area (TPSA) is 81.0 Å². The van der Waals surface area contributed by atoms with Crippen LogP contribution in [0.3, 0.4) is 0 Å². The minimum Gasteiger partial charge on any atom is -0.616 e.